The molecule has 1 saturated heterocycles. The summed E-state index contributed by atoms with van der Waals surface area (Å²) < 4.78 is 0. The minimum atomic E-state index is 0.138. The first-order chi connectivity index (χ1) is 10.2. The summed E-state index contributed by atoms with van der Waals surface area (Å²) >= 11 is 1.77. The van der Waals surface area contributed by atoms with Crippen LogP contribution in [0.25, 0.3) is 0 Å². The van der Waals surface area contributed by atoms with Gasteiger partial charge in [-0.05, 0) is 56.7 Å². The fourth-order valence-corrected chi connectivity index (χ4v) is 4.72. The van der Waals surface area contributed by atoms with Gasteiger partial charge < -0.3 is 10.2 Å². The fourth-order valence-electron chi connectivity index (χ4n) is 3.47. The number of carbonyl (C=O) groups excluding carboxylic acids is 1. The van der Waals surface area contributed by atoms with Crippen LogP contribution in [0, 0.1) is 5.92 Å². The lowest BCUT2D eigenvalue weighted by Crippen LogP contribution is -2.37. The number of fused-ring (bicyclic) bond motifs is 1. The van der Waals surface area contributed by atoms with E-state index in [1.54, 1.807) is 11.3 Å². The van der Waals surface area contributed by atoms with E-state index in [0.717, 1.165) is 37.4 Å². The van der Waals surface area contributed by atoms with Crippen molar-refractivity contribution in [2.45, 2.75) is 45.4 Å². The first-order valence-electron chi connectivity index (χ1n) is 8.34. The Bertz CT molecular complexity index is 491. The first-order valence-corrected chi connectivity index (χ1v) is 9.22. The van der Waals surface area contributed by atoms with Crippen LogP contribution in [0.1, 0.15) is 53.4 Å². The number of thiophene rings is 1. The van der Waals surface area contributed by atoms with Crippen LogP contribution in [0.4, 0.5) is 0 Å². The van der Waals surface area contributed by atoms with Crippen molar-refractivity contribution in [3.8, 4) is 0 Å². The SMILES string of the molecule is C[C@@H]1CCc2c(C(=O)NCCN3CCCCC3)csc2C1. The second-order valence-corrected chi connectivity index (χ2v) is 7.52. The maximum atomic E-state index is 12.4. The number of hydrogen-bond acceptors (Lipinski definition) is 3. The number of rotatable bonds is 4. The summed E-state index contributed by atoms with van der Waals surface area (Å²) in [5, 5.41) is 5.19. The molecule has 116 valence electrons. The van der Waals surface area contributed by atoms with Crippen molar-refractivity contribution < 1.29 is 4.79 Å². The highest BCUT2D eigenvalue weighted by Gasteiger charge is 2.23. The number of carbonyl (C=O) groups is 1. The second-order valence-electron chi connectivity index (χ2n) is 6.56. The largest absolute Gasteiger partial charge is 0.351 e. The maximum absolute atomic E-state index is 12.4. The molecule has 4 heteroatoms. The third-order valence-corrected chi connectivity index (χ3v) is 5.86. The van der Waals surface area contributed by atoms with E-state index in [-0.39, 0.29) is 5.91 Å². The summed E-state index contributed by atoms with van der Waals surface area (Å²) in [6.07, 6.45) is 7.43. The molecule has 1 aliphatic carbocycles. The lowest BCUT2D eigenvalue weighted by Gasteiger charge is -2.26. The average molecular weight is 306 g/mol. The molecule has 0 spiro atoms. The van der Waals surface area contributed by atoms with Crippen LogP contribution in [0.2, 0.25) is 0 Å². The molecule has 0 radical (unpaired) electrons. The molecule has 0 bridgehead atoms. The summed E-state index contributed by atoms with van der Waals surface area (Å²) in [6.45, 7) is 6.47. The molecule has 1 aromatic rings. The average Bonchev–Trinajstić information content (AvgIpc) is 2.91. The highest BCUT2D eigenvalue weighted by molar-refractivity contribution is 7.10. The second kappa shape index (κ2) is 6.93. The highest BCUT2D eigenvalue weighted by Crippen LogP contribution is 2.32. The van der Waals surface area contributed by atoms with Gasteiger partial charge in [0.1, 0.15) is 0 Å². The van der Waals surface area contributed by atoms with Gasteiger partial charge in [0, 0.05) is 23.3 Å². The van der Waals surface area contributed by atoms with Crippen molar-refractivity contribution in [1.29, 1.82) is 0 Å². The van der Waals surface area contributed by atoms with E-state index < -0.39 is 0 Å². The molecule has 21 heavy (non-hydrogen) atoms. The molecule has 1 fully saturated rings. The van der Waals surface area contributed by atoms with Crippen LogP contribution in [0.15, 0.2) is 5.38 Å². The topological polar surface area (TPSA) is 32.3 Å². The van der Waals surface area contributed by atoms with Gasteiger partial charge in [0.2, 0.25) is 0 Å². The standard InChI is InChI=1S/C17H26N2OS/c1-13-5-6-14-15(12-21-16(14)11-13)17(20)18-7-10-19-8-3-2-4-9-19/h12-13H,2-11H2,1H3,(H,18,20)/t13-/m1/s1. The zero-order chi connectivity index (χ0) is 14.7. The van der Waals surface area contributed by atoms with Crippen LogP contribution in [0.3, 0.4) is 0 Å². The number of amides is 1. The molecule has 3 nitrogen and oxygen atoms in total. The third kappa shape index (κ3) is 3.67. The number of nitrogens with zero attached hydrogens (tertiary/aromatic N) is 1. The Kier molecular flexibility index (Phi) is 4.96. The van der Waals surface area contributed by atoms with Gasteiger partial charge in [-0.25, -0.2) is 0 Å². The summed E-state index contributed by atoms with van der Waals surface area (Å²) in [7, 11) is 0. The van der Waals surface area contributed by atoms with E-state index in [4.69, 9.17) is 0 Å². The van der Waals surface area contributed by atoms with Crippen molar-refractivity contribution in [2.24, 2.45) is 5.92 Å². The van der Waals surface area contributed by atoms with Gasteiger partial charge in [0.15, 0.2) is 0 Å². The summed E-state index contributed by atoms with van der Waals surface area (Å²) in [5.74, 6) is 0.908. The Balaban J connectivity index is 1.51. The smallest absolute Gasteiger partial charge is 0.252 e. The summed E-state index contributed by atoms with van der Waals surface area (Å²) in [5.41, 5.74) is 2.27. The van der Waals surface area contributed by atoms with Gasteiger partial charge in [-0.1, -0.05) is 13.3 Å². The summed E-state index contributed by atoms with van der Waals surface area (Å²) in [6, 6.07) is 0. The number of nitrogens with one attached hydrogen (secondary N) is 1. The monoisotopic (exact) mass is 306 g/mol. The Labute approximate surface area is 131 Å². The molecular weight excluding hydrogens is 280 g/mol. The number of likely N-dealkylation sites (tertiary alicyclic amines) is 1. The van der Waals surface area contributed by atoms with E-state index in [9.17, 15) is 4.79 Å². The van der Waals surface area contributed by atoms with E-state index in [0.29, 0.717) is 0 Å². The van der Waals surface area contributed by atoms with Crippen molar-refractivity contribution in [1.82, 2.24) is 10.2 Å². The third-order valence-electron chi connectivity index (χ3n) is 4.81. The Morgan fingerprint density at radius 1 is 1.38 bits per heavy atom. The molecule has 3 rings (SSSR count). The molecule has 1 aromatic heterocycles. The van der Waals surface area contributed by atoms with E-state index in [2.05, 4.69) is 22.5 Å². The molecule has 2 aliphatic rings. The van der Waals surface area contributed by atoms with Gasteiger partial charge in [0.25, 0.3) is 5.91 Å². The number of piperidine rings is 1. The zero-order valence-electron chi connectivity index (χ0n) is 13.0. The van der Waals surface area contributed by atoms with E-state index >= 15 is 0 Å². The van der Waals surface area contributed by atoms with Gasteiger partial charge in [0.05, 0.1) is 5.56 Å². The fraction of sp³-hybridized carbons (Fsp3) is 0.706. The minimum absolute atomic E-state index is 0.138. The highest BCUT2D eigenvalue weighted by atomic mass is 32.1. The summed E-state index contributed by atoms with van der Waals surface area (Å²) in [4.78, 5) is 16.3. The van der Waals surface area contributed by atoms with Crippen molar-refractivity contribution in [2.75, 3.05) is 26.2 Å². The predicted octanol–water partition coefficient (Wildman–Crippen LogP) is 3.09. The minimum Gasteiger partial charge on any atom is -0.351 e. The molecule has 1 atom stereocenters. The Morgan fingerprint density at radius 3 is 3.00 bits per heavy atom. The normalized spacial score (nSPS) is 22.8. The van der Waals surface area contributed by atoms with Gasteiger partial charge in [-0.3, -0.25) is 4.79 Å². The molecule has 0 unspecified atom stereocenters. The van der Waals surface area contributed by atoms with Gasteiger partial charge in [-0.2, -0.15) is 0 Å². The molecule has 0 aromatic carbocycles. The molecule has 2 heterocycles. The lowest BCUT2D eigenvalue weighted by atomic mass is 9.88. The maximum Gasteiger partial charge on any atom is 0.252 e. The van der Waals surface area contributed by atoms with Crippen LogP contribution in [-0.2, 0) is 12.8 Å². The van der Waals surface area contributed by atoms with E-state index in [1.807, 2.05) is 0 Å². The quantitative estimate of drug-likeness (QED) is 0.927. The lowest BCUT2D eigenvalue weighted by molar-refractivity contribution is 0.0945. The Morgan fingerprint density at radius 2 is 2.19 bits per heavy atom. The zero-order valence-corrected chi connectivity index (χ0v) is 13.8. The Hall–Kier alpha value is -0.870. The molecular formula is C17H26N2OS. The van der Waals surface area contributed by atoms with Crippen molar-refractivity contribution >= 4 is 17.2 Å². The van der Waals surface area contributed by atoms with Crippen molar-refractivity contribution in [3.63, 3.8) is 0 Å². The molecule has 0 saturated carbocycles. The van der Waals surface area contributed by atoms with E-state index in [1.165, 1.54) is 49.2 Å². The molecule has 1 amide bonds. The van der Waals surface area contributed by atoms with Crippen LogP contribution in [-0.4, -0.2) is 37.0 Å². The van der Waals surface area contributed by atoms with Crippen LogP contribution < -0.4 is 5.32 Å². The van der Waals surface area contributed by atoms with Crippen LogP contribution >= 0.6 is 11.3 Å². The predicted molar refractivity (Wildman–Crippen MR) is 88.1 cm³/mol. The van der Waals surface area contributed by atoms with Crippen LogP contribution in [0.5, 0.6) is 0 Å². The number of hydrogen-bond donors (Lipinski definition) is 1. The van der Waals surface area contributed by atoms with Gasteiger partial charge in [-0.15, -0.1) is 11.3 Å². The molecule has 1 aliphatic heterocycles. The van der Waals surface area contributed by atoms with Crippen molar-refractivity contribution in [3.05, 3.63) is 21.4 Å². The first kappa shape index (κ1) is 15.0. The molecule has 1 N–H and O–H groups in total. The van der Waals surface area contributed by atoms with Gasteiger partial charge >= 0.3 is 0 Å².